The molecule has 0 fully saturated rings. The number of hydrogen-bond donors (Lipinski definition) is 2. The second-order valence-corrected chi connectivity index (χ2v) is 9.53. The van der Waals surface area contributed by atoms with Gasteiger partial charge in [-0.3, -0.25) is 0 Å². The van der Waals surface area contributed by atoms with Crippen molar-refractivity contribution in [2.24, 2.45) is 0 Å². The number of benzene rings is 2. The second-order valence-electron chi connectivity index (χ2n) is 9.53. The molecule has 0 unspecified atom stereocenters. The normalized spacial score (nSPS) is 11.6. The van der Waals surface area contributed by atoms with Gasteiger partial charge in [0, 0.05) is 22.3 Å². The van der Waals surface area contributed by atoms with E-state index in [4.69, 9.17) is 9.47 Å². The van der Waals surface area contributed by atoms with Crippen LogP contribution in [0.1, 0.15) is 63.8 Å². The van der Waals surface area contributed by atoms with Crippen molar-refractivity contribution in [3.8, 4) is 22.6 Å². The van der Waals surface area contributed by atoms with Gasteiger partial charge in [-0.25, -0.2) is 9.59 Å². The highest BCUT2D eigenvalue weighted by Crippen LogP contribution is 2.47. The monoisotopic (exact) mass is 438 g/mol. The van der Waals surface area contributed by atoms with E-state index in [-0.39, 0.29) is 11.5 Å². The molecule has 32 heavy (non-hydrogen) atoms. The molecule has 0 aromatic heterocycles. The van der Waals surface area contributed by atoms with E-state index in [1.165, 1.54) is 0 Å². The summed E-state index contributed by atoms with van der Waals surface area (Å²) in [5.74, 6) is 0.235. The van der Waals surface area contributed by atoms with Gasteiger partial charge in [0.2, 0.25) is 0 Å². The molecule has 6 nitrogen and oxygen atoms in total. The van der Waals surface area contributed by atoms with Gasteiger partial charge >= 0.3 is 12.3 Å². The van der Waals surface area contributed by atoms with Crippen LogP contribution in [0.4, 0.5) is 9.59 Å². The maximum absolute atomic E-state index is 11.6. The third-order valence-corrected chi connectivity index (χ3v) is 4.98. The Morgan fingerprint density at radius 3 is 1.25 bits per heavy atom. The second kappa shape index (κ2) is 8.91. The zero-order chi connectivity index (χ0) is 24.4. The molecule has 6 heteroatoms. The van der Waals surface area contributed by atoms with Crippen LogP contribution in [-0.2, 0) is 10.8 Å². The Bertz CT molecular complexity index is 993. The van der Waals surface area contributed by atoms with Gasteiger partial charge in [-0.05, 0) is 46.2 Å². The molecule has 0 saturated heterocycles. The predicted octanol–water partition coefficient (Wildman–Crippen LogP) is 7.35. The van der Waals surface area contributed by atoms with Crippen molar-refractivity contribution in [2.45, 2.75) is 52.4 Å². The van der Waals surface area contributed by atoms with Crippen molar-refractivity contribution in [3.63, 3.8) is 0 Å². The summed E-state index contributed by atoms with van der Waals surface area (Å²) in [6.07, 6.45) is 0.339. The summed E-state index contributed by atoms with van der Waals surface area (Å²) >= 11 is 0. The van der Waals surface area contributed by atoms with Crippen LogP contribution >= 0.6 is 0 Å². The number of ether oxygens (including phenoxy) is 2. The van der Waals surface area contributed by atoms with Crippen molar-refractivity contribution < 1.29 is 29.3 Å². The highest BCUT2D eigenvalue weighted by Gasteiger charge is 2.30. The molecule has 170 valence electrons. The van der Waals surface area contributed by atoms with Crippen LogP contribution in [0, 0.1) is 0 Å². The molecule has 0 heterocycles. The fraction of sp³-hybridized carbons (Fsp3) is 0.308. The molecule has 0 spiro atoms. The number of rotatable bonds is 5. The zero-order valence-electron chi connectivity index (χ0n) is 19.4. The zero-order valence-corrected chi connectivity index (χ0v) is 19.4. The minimum Gasteiger partial charge on any atom is -0.449 e. The molecular weight excluding hydrogens is 408 g/mol. The molecule has 2 aromatic rings. The summed E-state index contributed by atoms with van der Waals surface area (Å²) in [6.45, 7) is 19.3. The van der Waals surface area contributed by atoms with Gasteiger partial charge in [0.1, 0.15) is 11.5 Å². The lowest BCUT2D eigenvalue weighted by atomic mass is 9.80. The predicted molar refractivity (Wildman–Crippen MR) is 127 cm³/mol. The van der Waals surface area contributed by atoms with Crippen LogP contribution in [0.25, 0.3) is 23.3 Å². The Morgan fingerprint density at radius 1 is 0.719 bits per heavy atom. The lowest BCUT2D eigenvalue weighted by Gasteiger charge is -2.27. The number of carboxylic acid groups (broad SMARTS) is 2. The summed E-state index contributed by atoms with van der Waals surface area (Å²) in [6, 6.07) is 7.05. The average Bonchev–Trinajstić information content (AvgIpc) is 2.65. The van der Waals surface area contributed by atoms with Crippen molar-refractivity contribution >= 4 is 24.5 Å². The Morgan fingerprint density at radius 2 is 1.03 bits per heavy atom. The van der Waals surface area contributed by atoms with E-state index in [0.717, 1.165) is 11.1 Å². The van der Waals surface area contributed by atoms with Gasteiger partial charge < -0.3 is 19.7 Å². The van der Waals surface area contributed by atoms with Crippen LogP contribution in [0.5, 0.6) is 11.5 Å². The first-order valence-electron chi connectivity index (χ1n) is 10.1. The molecule has 0 bridgehead atoms. The molecule has 2 N–H and O–H groups in total. The van der Waals surface area contributed by atoms with Crippen molar-refractivity contribution in [1.82, 2.24) is 0 Å². The summed E-state index contributed by atoms with van der Waals surface area (Å²) in [5.41, 5.74) is 2.55. The molecule has 0 aliphatic rings. The van der Waals surface area contributed by atoms with E-state index < -0.39 is 23.1 Å². The molecule has 2 aromatic carbocycles. The summed E-state index contributed by atoms with van der Waals surface area (Å²) in [7, 11) is 0. The summed E-state index contributed by atoms with van der Waals surface area (Å²) in [5, 5.41) is 18.9. The number of carbonyl (C=O) groups is 2. The maximum Gasteiger partial charge on any atom is 0.511 e. The van der Waals surface area contributed by atoms with Crippen molar-refractivity contribution in [2.75, 3.05) is 0 Å². The van der Waals surface area contributed by atoms with E-state index in [1.807, 2.05) is 53.7 Å². The highest BCUT2D eigenvalue weighted by molar-refractivity contribution is 5.86. The molecule has 0 amide bonds. The van der Waals surface area contributed by atoms with E-state index in [9.17, 15) is 19.8 Å². The minimum absolute atomic E-state index is 0.118. The van der Waals surface area contributed by atoms with Crippen LogP contribution in [0.3, 0.4) is 0 Å². The molecule has 0 aliphatic carbocycles. The van der Waals surface area contributed by atoms with E-state index in [2.05, 4.69) is 13.2 Å². The third kappa shape index (κ3) is 5.38. The van der Waals surface area contributed by atoms with Gasteiger partial charge in [-0.15, -0.1) is 0 Å². The van der Waals surface area contributed by atoms with Gasteiger partial charge in [-0.2, -0.15) is 0 Å². The Labute approximate surface area is 188 Å². The molecule has 0 aliphatic heterocycles. The quantitative estimate of drug-likeness (QED) is 0.374. The van der Waals surface area contributed by atoms with Crippen LogP contribution in [-0.4, -0.2) is 22.5 Å². The fourth-order valence-electron chi connectivity index (χ4n) is 3.45. The Hall–Kier alpha value is -3.54. The van der Waals surface area contributed by atoms with E-state index >= 15 is 0 Å². The molecular formula is C26H30O6. The third-order valence-electron chi connectivity index (χ3n) is 4.98. The lowest BCUT2D eigenvalue weighted by Crippen LogP contribution is -2.18. The van der Waals surface area contributed by atoms with Gasteiger partial charge in [-0.1, -0.05) is 66.9 Å². The van der Waals surface area contributed by atoms with Crippen LogP contribution in [0.15, 0.2) is 37.4 Å². The molecule has 0 saturated carbocycles. The maximum atomic E-state index is 11.6. The summed E-state index contributed by atoms with van der Waals surface area (Å²) in [4.78, 5) is 23.2. The van der Waals surface area contributed by atoms with Gasteiger partial charge in [0.15, 0.2) is 0 Å². The van der Waals surface area contributed by atoms with Crippen molar-refractivity contribution in [1.29, 1.82) is 0 Å². The number of hydrogen-bond acceptors (Lipinski definition) is 4. The first-order chi connectivity index (χ1) is 14.7. The van der Waals surface area contributed by atoms with E-state index in [0.29, 0.717) is 22.3 Å². The van der Waals surface area contributed by atoms with Gasteiger partial charge in [0.05, 0.1) is 0 Å². The fourth-order valence-corrected chi connectivity index (χ4v) is 3.45. The molecule has 0 radical (unpaired) electrons. The van der Waals surface area contributed by atoms with Crippen molar-refractivity contribution in [3.05, 3.63) is 59.7 Å². The molecule has 0 atom stereocenters. The largest absolute Gasteiger partial charge is 0.511 e. The summed E-state index contributed by atoms with van der Waals surface area (Å²) < 4.78 is 10.5. The topological polar surface area (TPSA) is 93.1 Å². The van der Waals surface area contributed by atoms with E-state index in [1.54, 1.807) is 24.3 Å². The van der Waals surface area contributed by atoms with Gasteiger partial charge in [0.25, 0.3) is 0 Å². The van der Waals surface area contributed by atoms with Crippen LogP contribution in [0.2, 0.25) is 0 Å². The average molecular weight is 439 g/mol. The Balaban J connectivity index is 3.12. The standard InChI is InChI=1S/C26H30O6/c1-9-15-11-17(21(31-23(27)28)19(13-15)25(3,4)5)18-12-16(10-2)14-20(26(6,7)8)22(18)32-24(29)30/h9-14H,1-2H2,3-8H3,(H,27,28)(H,29,30). The first-order valence-corrected chi connectivity index (χ1v) is 10.1. The lowest BCUT2D eigenvalue weighted by molar-refractivity contribution is 0.141. The minimum atomic E-state index is -1.47. The van der Waals surface area contributed by atoms with Crippen LogP contribution < -0.4 is 9.47 Å². The SMILES string of the molecule is C=Cc1cc(-c2cc(C=C)cc(C(C)(C)C)c2OC(=O)O)c(OC(=O)O)c(C(C)(C)C)c1. The first kappa shape index (κ1) is 24.7. The Kier molecular flexibility index (Phi) is 6.88. The highest BCUT2D eigenvalue weighted by atomic mass is 16.7. The smallest absolute Gasteiger partial charge is 0.449 e. The molecule has 2 rings (SSSR count).